The van der Waals surface area contributed by atoms with Gasteiger partial charge in [0.25, 0.3) is 0 Å². The average molecular weight is 486 g/mol. The summed E-state index contributed by atoms with van der Waals surface area (Å²) in [7, 11) is 1.35. The Balaban J connectivity index is 2.37. The van der Waals surface area contributed by atoms with Crippen LogP contribution in [0.2, 0.25) is 5.02 Å². The van der Waals surface area contributed by atoms with Crippen molar-refractivity contribution < 1.29 is 21.3 Å². The lowest BCUT2D eigenvalue weighted by Gasteiger charge is -2.15. The summed E-state index contributed by atoms with van der Waals surface area (Å²) in [5, 5.41) is 0.238. The fraction of sp³-hybridized carbons (Fsp3) is 0.300. The van der Waals surface area contributed by atoms with E-state index in [2.05, 4.69) is 0 Å². The van der Waals surface area contributed by atoms with Crippen molar-refractivity contribution in [1.29, 1.82) is 0 Å². The zero-order valence-corrected chi connectivity index (χ0v) is 20.4. The van der Waals surface area contributed by atoms with Gasteiger partial charge in [-0.05, 0) is 30.3 Å². The lowest BCUT2D eigenvalue weighted by molar-refractivity contribution is 0.518. The Labute approximate surface area is 187 Å². The van der Waals surface area contributed by atoms with E-state index in [0.717, 1.165) is 20.4 Å². The minimum atomic E-state index is -4.02. The van der Waals surface area contributed by atoms with E-state index >= 15 is 0 Å². The molecule has 0 spiro atoms. The summed E-state index contributed by atoms with van der Waals surface area (Å²) in [6.45, 7) is 0. The molecular weight excluding hydrogens is 462 g/mol. The summed E-state index contributed by atoms with van der Waals surface area (Å²) in [5.41, 5.74) is 1.67. The van der Waals surface area contributed by atoms with Crippen LogP contribution < -0.4 is 4.90 Å². The molecule has 0 N–H and O–H groups in total. The van der Waals surface area contributed by atoms with Crippen molar-refractivity contribution in [3.05, 3.63) is 41.4 Å². The van der Waals surface area contributed by atoms with E-state index in [9.17, 15) is 16.8 Å². The standard InChI is InChI=1S/C20H24ClN3O5S2/c1-22(2)14-9-7-13(8-10-14)20-19(21)18-16(29-20)11-15(30(25,26)23(3)4)12-17(18)31(27,28)24(5)6/h7-12H,1-6H3. The molecule has 0 fully saturated rings. The van der Waals surface area contributed by atoms with Gasteiger partial charge in [0, 0.05) is 59.6 Å². The van der Waals surface area contributed by atoms with Gasteiger partial charge in [-0.1, -0.05) is 11.6 Å². The molecule has 31 heavy (non-hydrogen) atoms. The van der Waals surface area contributed by atoms with Crippen molar-refractivity contribution in [2.75, 3.05) is 47.2 Å². The third-order valence-corrected chi connectivity index (χ3v) is 8.85. The first-order valence-electron chi connectivity index (χ1n) is 9.17. The van der Waals surface area contributed by atoms with Crippen LogP contribution in [0.3, 0.4) is 0 Å². The monoisotopic (exact) mass is 485 g/mol. The van der Waals surface area contributed by atoms with Crippen LogP contribution in [0.1, 0.15) is 0 Å². The van der Waals surface area contributed by atoms with Gasteiger partial charge in [0.05, 0.1) is 20.2 Å². The maximum absolute atomic E-state index is 13.0. The van der Waals surface area contributed by atoms with Crippen LogP contribution in [-0.2, 0) is 20.0 Å². The van der Waals surface area contributed by atoms with Gasteiger partial charge in [-0.2, -0.15) is 0 Å². The zero-order chi connectivity index (χ0) is 23.3. The Hall–Kier alpha value is -2.11. The maximum atomic E-state index is 13.0. The Morgan fingerprint density at radius 2 is 1.35 bits per heavy atom. The fourth-order valence-corrected chi connectivity index (χ4v) is 5.53. The zero-order valence-electron chi connectivity index (χ0n) is 18.0. The first-order chi connectivity index (χ1) is 14.3. The van der Waals surface area contributed by atoms with Gasteiger partial charge in [-0.25, -0.2) is 25.4 Å². The Bertz CT molecular complexity index is 1340. The minimum absolute atomic E-state index is 0.0695. The molecule has 0 aliphatic heterocycles. The quantitative estimate of drug-likeness (QED) is 0.532. The molecule has 8 nitrogen and oxygen atoms in total. The second kappa shape index (κ2) is 8.10. The first-order valence-corrected chi connectivity index (χ1v) is 12.4. The second-order valence-corrected chi connectivity index (χ2v) is 12.2. The van der Waals surface area contributed by atoms with E-state index in [1.807, 2.05) is 31.1 Å². The molecule has 0 amide bonds. The highest BCUT2D eigenvalue weighted by Gasteiger charge is 2.30. The number of rotatable bonds is 6. The lowest BCUT2D eigenvalue weighted by atomic mass is 10.1. The molecule has 0 atom stereocenters. The molecule has 0 radical (unpaired) electrons. The van der Waals surface area contributed by atoms with Gasteiger partial charge in [-0.3, -0.25) is 0 Å². The molecule has 0 aliphatic rings. The summed E-state index contributed by atoms with van der Waals surface area (Å²) in [6.07, 6.45) is 0. The number of hydrogen-bond donors (Lipinski definition) is 0. The summed E-state index contributed by atoms with van der Waals surface area (Å²) < 4.78 is 59.4. The van der Waals surface area contributed by atoms with Crippen molar-refractivity contribution in [2.45, 2.75) is 9.79 Å². The maximum Gasteiger partial charge on any atom is 0.243 e. The number of furan rings is 1. The smallest absolute Gasteiger partial charge is 0.243 e. The van der Waals surface area contributed by atoms with E-state index < -0.39 is 20.0 Å². The molecule has 0 bridgehead atoms. The molecule has 0 unspecified atom stereocenters. The van der Waals surface area contributed by atoms with E-state index in [1.165, 1.54) is 34.3 Å². The van der Waals surface area contributed by atoms with Crippen molar-refractivity contribution in [3.8, 4) is 11.3 Å². The third-order valence-electron chi connectivity index (χ3n) is 4.85. The van der Waals surface area contributed by atoms with Crippen LogP contribution in [0.15, 0.2) is 50.6 Å². The van der Waals surface area contributed by atoms with Crippen molar-refractivity contribution in [3.63, 3.8) is 0 Å². The summed E-state index contributed by atoms with van der Waals surface area (Å²) in [5.74, 6) is 0.261. The first kappa shape index (κ1) is 23.6. The molecule has 0 saturated heterocycles. The molecule has 168 valence electrons. The molecule has 0 aliphatic carbocycles. The predicted molar refractivity (Wildman–Crippen MR) is 123 cm³/mol. The predicted octanol–water partition coefficient (Wildman–Crippen LogP) is 3.32. The van der Waals surface area contributed by atoms with Crippen molar-refractivity contribution in [1.82, 2.24) is 8.61 Å². The molecule has 1 aromatic heterocycles. The van der Waals surface area contributed by atoms with E-state index in [1.54, 1.807) is 12.1 Å². The van der Waals surface area contributed by atoms with Crippen LogP contribution in [0.5, 0.6) is 0 Å². The van der Waals surface area contributed by atoms with E-state index in [4.69, 9.17) is 16.0 Å². The normalized spacial score (nSPS) is 12.8. The van der Waals surface area contributed by atoms with Gasteiger partial charge in [-0.15, -0.1) is 0 Å². The highest BCUT2D eigenvalue weighted by molar-refractivity contribution is 7.90. The van der Waals surface area contributed by atoms with Gasteiger partial charge in [0.1, 0.15) is 5.58 Å². The molecule has 3 rings (SSSR count). The SMILES string of the molecule is CN(C)c1ccc(-c2oc3cc(S(=O)(=O)N(C)C)cc(S(=O)(=O)N(C)C)c3c2Cl)cc1. The highest BCUT2D eigenvalue weighted by atomic mass is 35.5. The largest absolute Gasteiger partial charge is 0.454 e. The number of benzene rings is 2. The molecule has 0 saturated carbocycles. The highest BCUT2D eigenvalue weighted by Crippen LogP contribution is 2.42. The van der Waals surface area contributed by atoms with Crippen LogP contribution in [0, 0.1) is 0 Å². The van der Waals surface area contributed by atoms with E-state index in [-0.39, 0.29) is 31.5 Å². The fourth-order valence-electron chi connectivity index (χ4n) is 2.99. The summed E-state index contributed by atoms with van der Waals surface area (Å²) in [6, 6.07) is 9.76. The number of nitrogens with zero attached hydrogens (tertiary/aromatic N) is 3. The Kier molecular flexibility index (Phi) is 6.16. The Morgan fingerprint density at radius 3 is 1.84 bits per heavy atom. The molecule has 1 heterocycles. The third kappa shape index (κ3) is 4.06. The van der Waals surface area contributed by atoms with Crippen LogP contribution in [0.25, 0.3) is 22.3 Å². The summed E-state index contributed by atoms with van der Waals surface area (Å²) in [4.78, 5) is 1.50. The van der Waals surface area contributed by atoms with Crippen LogP contribution in [-0.4, -0.2) is 67.7 Å². The van der Waals surface area contributed by atoms with E-state index in [0.29, 0.717) is 5.56 Å². The minimum Gasteiger partial charge on any atom is -0.454 e. The van der Waals surface area contributed by atoms with Gasteiger partial charge < -0.3 is 9.32 Å². The number of anilines is 1. The molecular formula is C20H24ClN3O5S2. The van der Waals surface area contributed by atoms with Gasteiger partial charge in [0.2, 0.25) is 20.0 Å². The van der Waals surface area contributed by atoms with Crippen LogP contribution in [0.4, 0.5) is 5.69 Å². The molecule has 11 heteroatoms. The number of sulfonamides is 2. The van der Waals surface area contributed by atoms with Crippen molar-refractivity contribution >= 4 is 48.3 Å². The number of halogens is 1. The topological polar surface area (TPSA) is 91.1 Å². The van der Waals surface area contributed by atoms with Gasteiger partial charge in [0.15, 0.2) is 5.76 Å². The van der Waals surface area contributed by atoms with Crippen LogP contribution >= 0.6 is 11.6 Å². The average Bonchev–Trinajstić information content (AvgIpc) is 3.03. The molecule has 3 aromatic rings. The Morgan fingerprint density at radius 1 is 0.806 bits per heavy atom. The lowest BCUT2D eigenvalue weighted by Crippen LogP contribution is -2.25. The number of hydrogen-bond acceptors (Lipinski definition) is 6. The second-order valence-electron chi connectivity index (χ2n) is 7.56. The van der Waals surface area contributed by atoms with Crippen molar-refractivity contribution in [2.24, 2.45) is 0 Å². The number of fused-ring (bicyclic) bond motifs is 1. The summed E-state index contributed by atoms with van der Waals surface area (Å²) >= 11 is 6.59. The molecule has 2 aromatic carbocycles. The van der Waals surface area contributed by atoms with Gasteiger partial charge >= 0.3 is 0 Å².